The molecule has 0 aliphatic carbocycles. The van der Waals surface area contributed by atoms with Gasteiger partial charge in [0.15, 0.2) is 0 Å². The Morgan fingerprint density at radius 3 is 2.70 bits per heavy atom. The molecule has 8 nitrogen and oxygen atoms in total. The molecule has 0 unspecified atom stereocenters. The third kappa shape index (κ3) is 5.63. The molecule has 0 amide bonds. The Kier molecular flexibility index (Phi) is 7.70. The average Bonchev–Trinajstić information content (AvgIpc) is 3.35. The minimum atomic E-state index is -1.01. The van der Waals surface area contributed by atoms with Crippen molar-refractivity contribution in [3.63, 3.8) is 0 Å². The predicted octanol–water partition coefficient (Wildman–Crippen LogP) is 6.91. The highest BCUT2D eigenvalue weighted by Gasteiger charge is 2.25. The van der Waals surface area contributed by atoms with Crippen LogP contribution < -0.4 is 9.47 Å². The predicted molar refractivity (Wildman–Crippen MR) is 168 cm³/mol. The number of imidazole rings is 1. The molecular formula is C35H32ClN3O5. The standard InChI is InChI=1S/C35H32ClN3O5/c1-42-31-17-26(35(40)41)16-30-34(31)38-32(39(30)19-28-12-13-43-28)18-23-8-9-24-14-21(23)4-2-5-22-15-27(36)11-10-25(22)20-44-33-7-3-6-29(24)37-33/h3,6-11,14-17,28H,2,4-5,12-13,18-20H2,1H3,(H,40,41)/t28-/m0/s1. The largest absolute Gasteiger partial charge is 0.494 e. The van der Waals surface area contributed by atoms with Crippen molar-refractivity contribution in [1.82, 2.24) is 14.5 Å². The maximum absolute atomic E-state index is 11.9. The van der Waals surface area contributed by atoms with Gasteiger partial charge in [-0.05, 0) is 84.3 Å². The minimum absolute atomic E-state index is 0.0643. The van der Waals surface area contributed by atoms with Crippen molar-refractivity contribution in [3.05, 3.63) is 105 Å². The van der Waals surface area contributed by atoms with Gasteiger partial charge in [-0.2, -0.15) is 0 Å². The van der Waals surface area contributed by atoms with Gasteiger partial charge in [0.05, 0.1) is 36.5 Å². The monoisotopic (exact) mass is 609 g/mol. The molecule has 1 atom stereocenters. The summed E-state index contributed by atoms with van der Waals surface area (Å²) in [6, 6.07) is 21.5. The molecule has 2 aliphatic rings. The van der Waals surface area contributed by atoms with Crippen LogP contribution in [-0.2, 0) is 37.2 Å². The summed E-state index contributed by atoms with van der Waals surface area (Å²) in [5, 5.41) is 10.5. The molecule has 1 N–H and O–H groups in total. The molecule has 0 saturated carbocycles. The number of fused-ring (bicyclic) bond motifs is 7. The maximum Gasteiger partial charge on any atom is 0.335 e. The SMILES string of the molecule is COc1cc(C(=O)O)cc2c1nc(Cc1ccc3cc1CCCc1cc(Cl)ccc1COc1cccc-3n1)n2C[C@@H]1CCO1. The molecule has 1 saturated heterocycles. The van der Waals surface area contributed by atoms with Gasteiger partial charge in [0.25, 0.3) is 0 Å². The molecule has 3 aromatic carbocycles. The molecule has 2 aliphatic heterocycles. The topological polar surface area (TPSA) is 95.7 Å². The fourth-order valence-corrected chi connectivity index (χ4v) is 6.29. The smallest absolute Gasteiger partial charge is 0.335 e. The quantitative estimate of drug-likeness (QED) is 0.224. The molecular weight excluding hydrogens is 578 g/mol. The van der Waals surface area contributed by atoms with Crippen LogP contribution in [0.2, 0.25) is 5.02 Å². The fraction of sp³-hybridized carbons (Fsp3) is 0.286. The maximum atomic E-state index is 11.9. The number of carboxylic acids is 1. The third-order valence-corrected chi connectivity index (χ3v) is 8.79. The van der Waals surface area contributed by atoms with Crippen LogP contribution in [0.3, 0.4) is 0 Å². The molecule has 7 rings (SSSR count). The highest BCUT2D eigenvalue weighted by molar-refractivity contribution is 6.30. The van der Waals surface area contributed by atoms with E-state index in [9.17, 15) is 9.90 Å². The molecule has 44 heavy (non-hydrogen) atoms. The molecule has 4 bridgehead atoms. The van der Waals surface area contributed by atoms with Gasteiger partial charge < -0.3 is 23.9 Å². The number of carbonyl (C=O) groups is 1. The van der Waals surface area contributed by atoms with E-state index in [1.54, 1.807) is 13.2 Å². The summed E-state index contributed by atoms with van der Waals surface area (Å²) in [5.74, 6) is 0.858. The van der Waals surface area contributed by atoms with Gasteiger partial charge in [-0.3, -0.25) is 0 Å². The van der Waals surface area contributed by atoms with Gasteiger partial charge in [0.1, 0.15) is 23.7 Å². The van der Waals surface area contributed by atoms with E-state index in [0.717, 1.165) is 66.0 Å². The lowest BCUT2D eigenvalue weighted by atomic mass is 9.94. The first-order valence-corrected chi connectivity index (χ1v) is 15.2. The normalized spacial score (nSPS) is 16.1. The molecule has 1 fully saturated rings. The minimum Gasteiger partial charge on any atom is -0.494 e. The van der Waals surface area contributed by atoms with Gasteiger partial charge in [-0.15, -0.1) is 0 Å². The average molecular weight is 610 g/mol. The highest BCUT2D eigenvalue weighted by Crippen LogP contribution is 2.32. The summed E-state index contributed by atoms with van der Waals surface area (Å²) >= 11 is 6.39. The number of carboxylic acid groups (broad SMARTS) is 1. The van der Waals surface area contributed by atoms with Crippen LogP contribution in [0.4, 0.5) is 0 Å². The number of ether oxygens (including phenoxy) is 3. The number of hydrogen-bond donors (Lipinski definition) is 1. The Labute approximate surface area is 260 Å². The summed E-state index contributed by atoms with van der Waals surface area (Å²) in [6.07, 6.45) is 4.23. The van der Waals surface area contributed by atoms with Crippen LogP contribution >= 0.6 is 11.6 Å². The number of aromatic carboxylic acids is 1. The number of nitrogens with zero attached hydrogens (tertiary/aromatic N) is 3. The summed E-state index contributed by atoms with van der Waals surface area (Å²) in [6.45, 7) is 1.76. The van der Waals surface area contributed by atoms with Crippen LogP contribution in [0.15, 0.2) is 66.7 Å². The second kappa shape index (κ2) is 11.9. The zero-order chi connectivity index (χ0) is 30.2. The van der Waals surface area contributed by atoms with Crippen LogP contribution in [0.1, 0.15) is 51.3 Å². The van der Waals surface area contributed by atoms with E-state index in [-0.39, 0.29) is 11.7 Å². The number of aryl methyl sites for hydroxylation is 2. The summed E-state index contributed by atoms with van der Waals surface area (Å²) in [7, 11) is 1.54. The number of methoxy groups -OCH3 is 1. The van der Waals surface area contributed by atoms with E-state index < -0.39 is 5.97 Å². The third-order valence-electron chi connectivity index (χ3n) is 8.55. The molecule has 2 aromatic heterocycles. The second-order valence-electron chi connectivity index (χ2n) is 11.3. The van der Waals surface area contributed by atoms with E-state index in [0.29, 0.717) is 41.7 Å². The van der Waals surface area contributed by atoms with Crippen molar-refractivity contribution in [2.24, 2.45) is 0 Å². The van der Waals surface area contributed by atoms with Crippen molar-refractivity contribution in [1.29, 1.82) is 0 Å². The Morgan fingerprint density at radius 2 is 1.91 bits per heavy atom. The molecule has 0 spiro atoms. The second-order valence-corrected chi connectivity index (χ2v) is 11.8. The Bertz CT molecular complexity index is 1880. The fourth-order valence-electron chi connectivity index (χ4n) is 6.10. The van der Waals surface area contributed by atoms with Crippen molar-refractivity contribution < 1.29 is 24.1 Å². The first-order valence-electron chi connectivity index (χ1n) is 14.9. The number of hydrogen-bond acceptors (Lipinski definition) is 6. The van der Waals surface area contributed by atoms with Crippen molar-refractivity contribution in [2.45, 2.75) is 51.4 Å². The van der Waals surface area contributed by atoms with Crippen LogP contribution in [-0.4, -0.2) is 45.4 Å². The zero-order valence-electron chi connectivity index (χ0n) is 24.4. The van der Waals surface area contributed by atoms with Crippen molar-refractivity contribution >= 4 is 28.6 Å². The summed E-state index contributed by atoms with van der Waals surface area (Å²) < 4.78 is 19.6. The Hall–Kier alpha value is -4.40. The van der Waals surface area contributed by atoms with E-state index in [1.807, 2.05) is 36.4 Å². The number of halogens is 1. The molecule has 5 aromatic rings. The van der Waals surface area contributed by atoms with E-state index in [2.05, 4.69) is 22.8 Å². The number of benzene rings is 3. The summed E-state index contributed by atoms with van der Waals surface area (Å²) in [5.41, 5.74) is 8.09. The Balaban J connectivity index is 1.30. The van der Waals surface area contributed by atoms with Crippen LogP contribution in [0, 0.1) is 0 Å². The van der Waals surface area contributed by atoms with Gasteiger partial charge in [-0.1, -0.05) is 35.9 Å². The van der Waals surface area contributed by atoms with Gasteiger partial charge >= 0.3 is 5.97 Å². The summed E-state index contributed by atoms with van der Waals surface area (Å²) in [4.78, 5) is 21.8. The lowest BCUT2D eigenvalue weighted by Crippen LogP contribution is -2.31. The van der Waals surface area contributed by atoms with Crippen LogP contribution in [0.5, 0.6) is 11.6 Å². The van der Waals surface area contributed by atoms with Gasteiger partial charge in [0, 0.05) is 29.7 Å². The molecule has 0 radical (unpaired) electrons. The van der Waals surface area contributed by atoms with Crippen LogP contribution in [0.25, 0.3) is 22.3 Å². The number of aromatic nitrogens is 3. The lowest BCUT2D eigenvalue weighted by molar-refractivity contribution is -0.0589. The molecule has 4 heterocycles. The first-order chi connectivity index (χ1) is 21.4. The molecule has 9 heteroatoms. The number of rotatable bonds is 6. The lowest BCUT2D eigenvalue weighted by Gasteiger charge is -2.27. The zero-order valence-corrected chi connectivity index (χ0v) is 25.1. The van der Waals surface area contributed by atoms with Crippen molar-refractivity contribution in [3.8, 4) is 22.9 Å². The van der Waals surface area contributed by atoms with Gasteiger partial charge in [0.2, 0.25) is 5.88 Å². The van der Waals surface area contributed by atoms with E-state index in [1.165, 1.54) is 17.2 Å². The highest BCUT2D eigenvalue weighted by atomic mass is 35.5. The molecule has 224 valence electrons. The Morgan fingerprint density at radius 1 is 1.05 bits per heavy atom. The number of pyridine rings is 1. The van der Waals surface area contributed by atoms with E-state index in [4.69, 9.17) is 35.8 Å². The van der Waals surface area contributed by atoms with Crippen molar-refractivity contribution in [2.75, 3.05) is 13.7 Å². The first kappa shape index (κ1) is 28.4. The van der Waals surface area contributed by atoms with E-state index >= 15 is 0 Å². The van der Waals surface area contributed by atoms with Gasteiger partial charge in [-0.25, -0.2) is 14.8 Å².